The summed E-state index contributed by atoms with van der Waals surface area (Å²) in [5.41, 5.74) is -0.730. The van der Waals surface area contributed by atoms with Gasteiger partial charge in [0.1, 0.15) is 0 Å². The summed E-state index contributed by atoms with van der Waals surface area (Å²) in [5.74, 6) is -0.911. The van der Waals surface area contributed by atoms with Crippen LogP contribution in [0.1, 0.15) is 46.0 Å². The highest BCUT2D eigenvalue weighted by Gasteiger charge is 2.26. The fraction of sp³-hybridized carbons (Fsp3) is 0.846. The summed E-state index contributed by atoms with van der Waals surface area (Å²) in [6, 6.07) is -0.0529. The van der Waals surface area contributed by atoms with Crippen LogP contribution in [0.15, 0.2) is 0 Å². The van der Waals surface area contributed by atoms with Crippen LogP contribution in [0.25, 0.3) is 0 Å². The van der Waals surface area contributed by atoms with E-state index in [1.165, 1.54) is 0 Å². The molecule has 110 valence electrons. The van der Waals surface area contributed by atoms with Crippen LogP contribution in [0.4, 0.5) is 4.79 Å². The van der Waals surface area contributed by atoms with Gasteiger partial charge in [0.15, 0.2) is 0 Å². The molecule has 0 aromatic rings. The zero-order valence-electron chi connectivity index (χ0n) is 11.9. The molecule has 0 saturated heterocycles. The van der Waals surface area contributed by atoms with E-state index < -0.39 is 11.5 Å². The number of aliphatic carboxylic acids is 1. The highest BCUT2D eigenvalue weighted by molar-refractivity contribution is 7.99. The monoisotopic (exact) mass is 288 g/mol. The van der Waals surface area contributed by atoms with E-state index in [1.54, 1.807) is 13.8 Å². The molecular formula is C13H24N2O3S. The molecule has 1 aliphatic rings. The molecule has 0 aliphatic heterocycles. The number of rotatable bonds is 5. The van der Waals surface area contributed by atoms with Crippen LogP contribution in [0.5, 0.6) is 0 Å². The first-order valence-electron chi connectivity index (χ1n) is 6.65. The van der Waals surface area contributed by atoms with Crippen LogP contribution < -0.4 is 10.6 Å². The smallest absolute Gasteiger partial charge is 0.315 e. The summed E-state index contributed by atoms with van der Waals surface area (Å²) in [6.45, 7) is 3.43. The van der Waals surface area contributed by atoms with E-state index in [-0.39, 0.29) is 18.5 Å². The van der Waals surface area contributed by atoms with Crippen molar-refractivity contribution in [3.05, 3.63) is 0 Å². The van der Waals surface area contributed by atoms with Gasteiger partial charge in [-0.05, 0) is 45.8 Å². The minimum atomic E-state index is -0.911. The van der Waals surface area contributed by atoms with Gasteiger partial charge in [-0.2, -0.15) is 11.8 Å². The Kier molecular flexibility index (Phi) is 5.97. The van der Waals surface area contributed by atoms with E-state index in [1.807, 2.05) is 11.8 Å². The topological polar surface area (TPSA) is 78.4 Å². The van der Waals surface area contributed by atoms with Gasteiger partial charge in [0.05, 0.1) is 6.42 Å². The summed E-state index contributed by atoms with van der Waals surface area (Å²) in [7, 11) is 0. The lowest BCUT2D eigenvalue weighted by Crippen LogP contribution is -2.52. The highest BCUT2D eigenvalue weighted by atomic mass is 32.2. The first-order valence-corrected chi connectivity index (χ1v) is 7.94. The first kappa shape index (κ1) is 16.1. The third-order valence-corrected chi connectivity index (χ3v) is 4.53. The molecule has 19 heavy (non-hydrogen) atoms. The summed E-state index contributed by atoms with van der Waals surface area (Å²) in [6.07, 6.45) is 6.30. The summed E-state index contributed by atoms with van der Waals surface area (Å²) < 4.78 is 0. The molecule has 1 fully saturated rings. The fourth-order valence-corrected chi connectivity index (χ4v) is 3.14. The van der Waals surface area contributed by atoms with Crippen molar-refractivity contribution < 1.29 is 14.7 Å². The maximum absolute atomic E-state index is 11.8. The Hall–Kier alpha value is -0.910. The first-order chi connectivity index (χ1) is 8.82. The van der Waals surface area contributed by atoms with Crippen LogP contribution in [0, 0.1) is 0 Å². The number of carbonyl (C=O) groups is 2. The lowest BCUT2D eigenvalue weighted by molar-refractivity contribution is -0.138. The number of carboxylic acid groups (broad SMARTS) is 1. The standard InChI is InChI=1S/C13H24N2O3S/c1-13(2,8-11(16)17)15-12(18)14-9-4-6-10(19-3)7-5-9/h9-10H,4-8H2,1-3H3,(H,16,17)(H2,14,15,18). The number of amides is 2. The predicted molar refractivity (Wildman–Crippen MR) is 77.6 cm³/mol. The molecule has 6 heteroatoms. The van der Waals surface area contributed by atoms with Gasteiger partial charge in [0.2, 0.25) is 0 Å². The Morgan fingerprint density at radius 2 is 1.84 bits per heavy atom. The van der Waals surface area contributed by atoms with Gasteiger partial charge in [-0.25, -0.2) is 4.79 Å². The summed E-state index contributed by atoms with van der Waals surface area (Å²) >= 11 is 1.89. The van der Waals surface area contributed by atoms with Crippen LogP contribution >= 0.6 is 11.8 Å². The second-order valence-corrected chi connectivity index (χ2v) is 6.90. The van der Waals surface area contributed by atoms with Crippen LogP contribution in [-0.4, -0.2) is 40.2 Å². The molecule has 0 bridgehead atoms. The fourth-order valence-electron chi connectivity index (χ4n) is 2.39. The van der Waals surface area contributed by atoms with Crippen molar-refractivity contribution in [2.75, 3.05) is 6.26 Å². The third kappa shape index (κ3) is 6.18. The third-order valence-electron chi connectivity index (χ3n) is 3.39. The van der Waals surface area contributed by atoms with E-state index in [2.05, 4.69) is 16.9 Å². The molecule has 0 spiro atoms. The average Bonchev–Trinajstić information content (AvgIpc) is 2.27. The number of thioether (sulfide) groups is 1. The highest BCUT2D eigenvalue weighted by Crippen LogP contribution is 2.26. The molecule has 1 rings (SSSR count). The lowest BCUT2D eigenvalue weighted by Gasteiger charge is -2.30. The second-order valence-electron chi connectivity index (χ2n) is 5.76. The van der Waals surface area contributed by atoms with E-state index in [0.717, 1.165) is 25.7 Å². The SMILES string of the molecule is CSC1CCC(NC(=O)NC(C)(C)CC(=O)O)CC1. The Balaban J connectivity index is 2.33. The van der Waals surface area contributed by atoms with E-state index in [0.29, 0.717) is 5.25 Å². The number of hydrogen-bond acceptors (Lipinski definition) is 3. The minimum Gasteiger partial charge on any atom is -0.481 e. The number of urea groups is 1. The molecule has 2 amide bonds. The van der Waals surface area contributed by atoms with Crippen molar-refractivity contribution >= 4 is 23.8 Å². The zero-order chi connectivity index (χ0) is 14.5. The molecule has 0 radical (unpaired) electrons. The molecule has 0 atom stereocenters. The minimum absolute atomic E-state index is 0.0837. The van der Waals surface area contributed by atoms with Gasteiger partial charge >= 0.3 is 12.0 Å². The van der Waals surface area contributed by atoms with Crippen molar-refractivity contribution in [2.24, 2.45) is 0 Å². The number of hydrogen-bond donors (Lipinski definition) is 3. The van der Waals surface area contributed by atoms with Crippen molar-refractivity contribution in [1.82, 2.24) is 10.6 Å². The second kappa shape index (κ2) is 7.03. The predicted octanol–water partition coefficient (Wildman–Crippen LogP) is 2.21. The Bertz CT molecular complexity index is 326. The number of nitrogens with one attached hydrogen (secondary N) is 2. The van der Waals surface area contributed by atoms with Gasteiger partial charge in [-0.15, -0.1) is 0 Å². The van der Waals surface area contributed by atoms with Gasteiger partial charge in [0, 0.05) is 16.8 Å². The largest absolute Gasteiger partial charge is 0.481 e. The molecule has 0 aromatic carbocycles. The van der Waals surface area contributed by atoms with E-state index in [4.69, 9.17) is 5.11 Å². The Labute approximate surface area is 118 Å². The Morgan fingerprint density at radius 1 is 1.26 bits per heavy atom. The zero-order valence-corrected chi connectivity index (χ0v) is 12.7. The summed E-state index contributed by atoms with van der Waals surface area (Å²) in [4.78, 5) is 22.5. The number of carboxylic acids is 1. The van der Waals surface area contributed by atoms with Gasteiger partial charge in [-0.3, -0.25) is 4.79 Å². The summed E-state index contributed by atoms with van der Waals surface area (Å²) in [5, 5.41) is 15.1. The van der Waals surface area contributed by atoms with Crippen molar-refractivity contribution in [1.29, 1.82) is 0 Å². The molecule has 1 saturated carbocycles. The molecule has 1 aliphatic carbocycles. The quantitative estimate of drug-likeness (QED) is 0.725. The maximum atomic E-state index is 11.8. The van der Waals surface area contributed by atoms with Crippen LogP contribution in [0.3, 0.4) is 0 Å². The normalized spacial score (nSPS) is 23.7. The van der Waals surface area contributed by atoms with Crippen molar-refractivity contribution in [2.45, 2.75) is 62.8 Å². The number of carbonyl (C=O) groups excluding carboxylic acids is 1. The van der Waals surface area contributed by atoms with E-state index in [9.17, 15) is 9.59 Å². The van der Waals surface area contributed by atoms with Crippen LogP contribution in [0.2, 0.25) is 0 Å². The average molecular weight is 288 g/mol. The van der Waals surface area contributed by atoms with E-state index >= 15 is 0 Å². The molecular weight excluding hydrogens is 264 g/mol. The molecule has 0 unspecified atom stereocenters. The molecule has 5 nitrogen and oxygen atoms in total. The van der Waals surface area contributed by atoms with Gasteiger partial charge < -0.3 is 15.7 Å². The molecule has 3 N–H and O–H groups in total. The maximum Gasteiger partial charge on any atom is 0.315 e. The van der Waals surface area contributed by atoms with Crippen molar-refractivity contribution in [3.63, 3.8) is 0 Å². The van der Waals surface area contributed by atoms with Gasteiger partial charge in [0.25, 0.3) is 0 Å². The Morgan fingerprint density at radius 3 is 2.32 bits per heavy atom. The van der Waals surface area contributed by atoms with Gasteiger partial charge in [-0.1, -0.05) is 0 Å². The van der Waals surface area contributed by atoms with Crippen molar-refractivity contribution in [3.8, 4) is 0 Å². The van der Waals surface area contributed by atoms with Crippen LogP contribution in [-0.2, 0) is 4.79 Å². The molecule has 0 heterocycles. The lowest BCUT2D eigenvalue weighted by atomic mass is 9.95. The molecule has 0 aromatic heterocycles.